The number of esters is 3. The maximum Gasteiger partial charge on any atom is 0.315 e. The Labute approximate surface area is 140 Å². The molecule has 24 heavy (non-hydrogen) atoms. The number of hydrogen-bond acceptors (Lipinski definition) is 7. The van der Waals surface area contributed by atoms with Gasteiger partial charge < -0.3 is 18.9 Å². The highest BCUT2D eigenvalue weighted by atomic mass is 16.6. The molecule has 7 nitrogen and oxygen atoms in total. The van der Waals surface area contributed by atoms with Gasteiger partial charge in [0.1, 0.15) is 30.8 Å². The number of hydrogen-bond donors (Lipinski definition) is 0. The molecule has 0 aromatic rings. The molecule has 3 heterocycles. The van der Waals surface area contributed by atoms with E-state index in [1.165, 1.54) is 0 Å². The van der Waals surface area contributed by atoms with E-state index in [9.17, 15) is 14.4 Å². The fourth-order valence-electron chi connectivity index (χ4n) is 3.94. The van der Waals surface area contributed by atoms with Crippen molar-refractivity contribution in [3.05, 3.63) is 0 Å². The van der Waals surface area contributed by atoms with E-state index in [0.717, 1.165) is 12.8 Å². The second kappa shape index (κ2) is 6.35. The van der Waals surface area contributed by atoms with E-state index in [1.807, 2.05) is 6.92 Å². The van der Waals surface area contributed by atoms with Gasteiger partial charge in [0.15, 0.2) is 0 Å². The van der Waals surface area contributed by atoms with E-state index in [-0.39, 0.29) is 50.2 Å². The summed E-state index contributed by atoms with van der Waals surface area (Å²) in [6.45, 7) is 3.93. The molecule has 0 aromatic heterocycles. The van der Waals surface area contributed by atoms with Gasteiger partial charge in [-0.3, -0.25) is 14.4 Å². The Morgan fingerprint density at radius 1 is 1.33 bits per heavy atom. The lowest BCUT2D eigenvalue weighted by molar-refractivity contribution is -0.160. The van der Waals surface area contributed by atoms with Gasteiger partial charge in [-0.2, -0.15) is 0 Å². The molecule has 134 valence electrons. The average molecular weight is 340 g/mol. The van der Waals surface area contributed by atoms with Gasteiger partial charge in [0.2, 0.25) is 0 Å². The molecule has 3 aliphatic heterocycles. The van der Waals surface area contributed by atoms with Crippen molar-refractivity contribution >= 4 is 17.9 Å². The zero-order valence-electron chi connectivity index (χ0n) is 14.2. The molecule has 3 rings (SSSR count). The first-order valence-corrected chi connectivity index (χ1v) is 8.60. The topological polar surface area (TPSA) is 88.1 Å². The zero-order valence-corrected chi connectivity index (χ0v) is 14.2. The van der Waals surface area contributed by atoms with Crippen molar-refractivity contribution in [3.8, 4) is 0 Å². The normalized spacial score (nSPS) is 34.6. The van der Waals surface area contributed by atoms with Crippen LogP contribution in [0.15, 0.2) is 0 Å². The molecule has 3 aliphatic rings. The Bertz CT molecular complexity index is 545. The highest BCUT2D eigenvalue weighted by molar-refractivity contribution is 5.87. The van der Waals surface area contributed by atoms with Crippen molar-refractivity contribution in [2.24, 2.45) is 11.3 Å². The fraction of sp³-hybridized carbons (Fsp3) is 0.824. The molecule has 2 bridgehead atoms. The van der Waals surface area contributed by atoms with Crippen LogP contribution in [0, 0.1) is 11.3 Å². The molecular weight excluding hydrogens is 316 g/mol. The van der Waals surface area contributed by atoms with Gasteiger partial charge in [-0.05, 0) is 25.7 Å². The maximum absolute atomic E-state index is 12.2. The predicted molar refractivity (Wildman–Crippen MR) is 80.8 cm³/mol. The van der Waals surface area contributed by atoms with Gasteiger partial charge in [-0.1, -0.05) is 13.8 Å². The van der Waals surface area contributed by atoms with Crippen LogP contribution >= 0.6 is 0 Å². The largest absolute Gasteiger partial charge is 0.462 e. The molecule has 0 saturated carbocycles. The van der Waals surface area contributed by atoms with Crippen LogP contribution in [0.25, 0.3) is 0 Å². The predicted octanol–water partition coefficient (Wildman–Crippen LogP) is 1.37. The van der Waals surface area contributed by atoms with Crippen molar-refractivity contribution in [1.82, 2.24) is 0 Å². The van der Waals surface area contributed by atoms with E-state index < -0.39 is 17.0 Å². The van der Waals surface area contributed by atoms with Gasteiger partial charge in [-0.25, -0.2) is 0 Å². The van der Waals surface area contributed by atoms with E-state index in [0.29, 0.717) is 12.8 Å². The van der Waals surface area contributed by atoms with Crippen LogP contribution in [-0.4, -0.2) is 49.4 Å². The molecule has 1 spiro atoms. The minimum atomic E-state index is -0.902. The Balaban J connectivity index is 1.49. The maximum atomic E-state index is 12.2. The zero-order chi connectivity index (χ0) is 17.4. The second-order valence-electron chi connectivity index (χ2n) is 7.01. The SMILES string of the molecule is CCC(C)C(=O)OCCOC(=O)CC12CC3CCC1(COC2=O)O3. The molecule has 3 fully saturated rings. The summed E-state index contributed by atoms with van der Waals surface area (Å²) in [4.78, 5) is 35.9. The third kappa shape index (κ3) is 2.68. The Morgan fingerprint density at radius 3 is 2.79 bits per heavy atom. The van der Waals surface area contributed by atoms with Crippen molar-refractivity contribution < 1.29 is 33.3 Å². The third-order valence-electron chi connectivity index (χ3n) is 5.59. The molecule has 0 aliphatic carbocycles. The molecule has 4 unspecified atom stereocenters. The first-order chi connectivity index (χ1) is 11.4. The quantitative estimate of drug-likeness (QED) is 0.393. The van der Waals surface area contributed by atoms with E-state index in [4.69, 9.17) is 18.9 Å². The fourth-order valence-corrected chi connectivity index (χ4v) is 3.94. The second-order valence-corrected chi connectivity index (χ2v) is 7.01. The first kappa shape index (κ1) is 17.2. The van der Waals surface area contributed by atoms with Crippen LogP contribution < -0.4 is 0 Å². The minimum absolute atomic E-state index is 0.0105. The Morgan fingerprint density at radius 2 is 2.08 bits per heavy atom. The third-order valence-corrected chi connectivity index (χ3v) is 5.59. The summed E-state index contributed by atoms with van der Waals surface area (Å²) < 4.78 is 21.3. The van der Waals surface area contributed by atoms with E-state index >= 15 is 0 Å². The molecule has 0 amide bonds. The number of rotatable bonds is 7. The summed E-state index contributed by atoms with van der Waals surface area (Å²) in [7, 11) is 0. The van der Waals surface area contributed by atoms with Gasteiger partial charge in [0, 0.05) is 0 Å². The minimum Gasteiger partial charge on any atom is -0.462 e. The van der Waals surface area contributed by atoms with E-state index in [1.54, 1.807) is 6.92 Å². The monoisotopic (exact) mass is 340 g/mol. The lowest BCUT2D eigenvalue weighted by Gasteiger charge is -2.33. The number of fused-ring (bicyclic) bond motifs is 1. The van der Waals surface area contributed by atoms with Crippen molar-refractivity contribution in [2.75, 3.05) is 19.8 Å². The van der Waals surface area contributed by atoms with Crippen molar-refractivity contribution in [2.45, 2.75) is 57.7 Å². The summed E-state index contributed by atoms with van der Waals surface area (Å²) in [5, 5.41) is 0. The summed E-state index contributed by atoms with van der Waals surface area (Å²) >= 11 is 0. The lowest BCUT2D eigenvalue weighted by atomic mass is 9.65. The van der Waals surface area contributed by atoms with Gasteiger partial charge in [-0.15, -0.1) is 0 Å². The number of carbonyl (C=O) groups is 3. The molecule has 0 radical (unpaired) electrons. The van der Waals surface area contributed by atoms with Crippen LogP contribution in [0.3, 0.4) is 0 Å². The van der Waals surface area contributed by atoms with Gasteiger partial charge >= 0.3 is 17.9 Å². The van der Waals surface area contributed by atoms with Gasteiger partial charge in [0.25, 0.3) is 0 Å². The molecule has 4 atom stereocenters. The first-order valence-electron chi connectivity index (χ1n) is 8.60. The van der Waals surface area contributed by atoms with Crippen molar-refractivity contribution in [1.29, 1.82) is 0 Å². The van der Waals surface area contributed by atoms with Crippen molar-refractivity contribution in [3.63, 3.8) is 0 Å². The average Bonchev–Trinajstić information content (AvgIpc) is 3.19. The Hall–Kier alpha value is -1.63. The van der Waals surface area contributed by atoms with E-state index in [2.05, 4.69) is 0 Å². The molecule has 0 N–H and O–H groups in total. The summed E-state index contributed by atoms with van der Waals surface area (Å²) in [6, 6.07) is 0. The summed E-state index contributed by atoms with van der Waals surface area (Å²) in [5.74, 6) is -1.31. The number of ether oxygens (including phenoxy) is 4. The highest BCUT2D eigenvalue weighted by Gasteiger charge is 2.72. The molecule has 0 aromatic carbocycles. The summed E-state index contributed by atoms with van der Waals surface area (Å²) in [6.07, 6.45) is 2.85. The van der Waals surface area contributed by atoms with Crippen LogP contribution in [0.1, 0.15) is 46.0 Å². The smallest absolute Gasteiger partial charge is 0.315 e. The number of carbonyl (C=O) groups excluding carboxylic acids is 3. The number of cyclic esters (lactones) is 1. The van der Waals surface area contributed by atoms with Crippen LogP contribution in [0.4, 0.5) is 0 Å². The summed E-state index contributed by atoms with van der Waals surface area (Å²) in [5.41, 5.74) is -1.56. The standard InChI is InChI=1S/C17H24O7/c1-3-11(2)14(19)22-7-6-21-13(18)9-16-8-12-4-5-17(16,24-12)10-23-15(16)20/h11-12H,3-10H2,1-2H3. The van der Waals surface area contributed by atoms with Crippen LogP contribution in [-0.2, 0) is 33.3 Å². The van der Waals surface area contributed by atoms with Gasteiger partial charge in [0.05, 0.1) is 18.4 Å². The van der Waals surface area contributed by atoms with Crippen LogP contribution in [0.5, 0.6) is 0 Å². The molecule has 7 heteroatoms. The molecular formula is C17H24O7. The Kier molecular flexibility index (Phi) is 4.55. The van der Waals surface area contributed by atoms with Crippen LogP contribution in [0.2, 0.25) is 0 Å². The highest BCUT2D eigenvalue weighted by Crippen LogP contribution is 2.61. The molecule has 3 saturated heterocycles. The lowest BCUT2D eigenvalue weighted by Crippen LogP contribution is -2.47.